The number of hydrogen-bond donors (Lipinski definition) is 2. The van der Waals surface area contributed by atoms with E-state index < -0.39 is 0 Å². The zero-order valence-corrected chi connectivity index (χ0v) is 8.91. The van der Waals surface area contributed by atoms with E-state index in [0.29, 0.717) is 0 Å². The van der Waals surface area contributed by atoms with Crippen molar-refractivity contribution < 1.29 is 5.11 Å². The molecule has 0 aliphatic carbocycles. The number of aromatic nitrogens is 2. The molecule has 0 aliphatic heterocycles. The number of aryl methyl sites for hydroxylation is 1. The lowest BCUT2D eigenvalue weighted by atomic mass is 10.0. The molecule has 78 valence electrons. The molecule has 1 heterocycles. The molecule has 15 heavy (non-hydrogen) atoms. The number of aliphatic hydroxyl groups is 1. The van der Waals surface area contributed by atoms with Crippen molar-refractivity contribution in [3.8, 4) is 11.4 Å². The normalized spacial score (nSPS) is 10.6. The Labute approximate surface area is 88.8 Å². The molecule has 0 saturated heterocycles. The molecule has 0 atom stereocenters. The van der Waals surface area contributed by atoms with Crippen LogP contribution in [-0.2, 0) is 6.61 Å². The Hall–Kier alpha value is -1.61. The van der Waals surface area contributed by atoms with E-state index in [1.165, 1.54) is 11.1 Å². The number of hydrogen-bond acceptors (Lipinski definition) is 2. The lowest BCUT2D eigenvalue weighted by Crippen LogP contribution is -1.89. The number of aliphatic hydroxyl groups excluding tert-OH is 1. The van der Waals surface area contributed by atoms with Gasteiger partial charge in [-0.2, -0.15) is 0 Å². The fourth-order valence-electron chi connectivity index (χ4n) is 1.58. The quantitative estimate of drug-likeness (QED) is 0.784. The Balaban J connectivity index is 2.49. The maximum absolute atomic E-state index is 8.95. The number of H-pyrrole nitrogens is 1. The first-order valence-electron chi connectivity index (χ1n) is 4.93. The minimum Gasteiger partial charge on any atom is -0.390 e. The van der Waals surface area contributed by atoms with Crippen molar-refractivity contribution >= 4 is 0 Å². The predicted octanol–water partition coefficient (Wildman–Crippen LogP) is 2.19. The number of nitrogens with one attached hydrogen (secondary N) is 1. The highest BCUT2D eigenvalue weighted by Gasteiger charge is 2.06. The van der Waals surface area contributed by atoms with E-state index in [1.807, 2.05) is 12.1 Å². The van der Waals surface area contributed by atoms with Gasteiger partial charge in [-0.25, -0.2) is 4.98 Å². The van der Waals surface area contributed by atoms with E-state index in [-0.39, 0.29) is 6.61 Å². The van der Waals surface area contributed by atoms with Crippen molar-refractivity contribution in [3.05, 3.63) is 41.2 Å². The van der Waals surface area contributed by atoms with Gasteiger partial charge in [-0.15, -0.1) is 0 Å². The van der Waals surface area contributed by atoms with Gasteiger partial charge in [0.25, 0.3) is 0 Å². The molecule has 2 N–H and O–H groups in total. The molecule has 3 heteroatoms. The standard InChI is InChI=1S/C12H14N2O/c1-8-4-3-5-11(9(8)2)12-13-6-10(7-15)14-12/h3-6,15H,7H2,1-2H3,(H,13,14). The molecule has 0 radical (unpaired) electrons. The van der Waals surface area contributed by atoms with Crippen LogP contribution in [0.1, 0.15) is 16.8 Å². The number of imidazole rings is 1. The smallest absolute Gasteiger partial charge is 0.137 e. The minimum atomic E-state index is -0.00212. The Kier molecular flexibility index (Phi) is 2.56. The maximum atomic E-state index is 8.95. The van der Waals surface area contributed by atoms with Gasteiger partial charge >= 0.3 is 0 Å². The summed E-state index contributed by atoms with van der Waals surface area (Å²) in [5.74, 6) is 0.820. The summed E-state index contributed by atoms with van der Waals surface area (Å²) in [5, 5.41) is 8.95. The van der Waals surface area contributed by atoms with Gasteiger partial charge in [-0.05, 0) is 25.0 Å². The maximum Gasteiger partial charge on any atom is 0.137 e. The van der Waals surface area contributed by atoms with Gasteiger partial charge in [-0.3, -0.25) is 0 Å². The zero-order chi connectivity index (χ0) is 10.8. The van der Waals surface area contributed by atoms with Crippen LogP contribution in [0.2, 0.25) is 0 Å². The second kappa shape index (κ2) is 3.87. The molecule has 1 aromatic heterocycles. The first-order chi connectivity index (χ1) is 7.22. The number of benzene rings is 1. The molecule has 0 aliphatic rings. The topological polar surface area (TPSA) is 48.9 Å². The second-order valence-electron chi connectivity index (χ2n) is 3.66. The second-order valence-corrected chi connectivity index (χ2v) is 3.66. The summed E-state index contributed by atoms with van der Waals surface area (Å²) in [6, 6.07) is 6.12. The summed E-state index contributed by atoms with van der Waals surface area (Å²) in [4.78, 5) is 7.33. The van der Waals surface area contributed by atoms with Gasteiger partial charge < -0.3 is 10.1 Å². The van der Waals surface area contributed by atoms with Crippen molar-refractivity contribution in [2.45, 2.75) is 20.5 Å². The van der Waals surface area contributed by atoms with E-state index in [1.54, 1.807) is 6.20 Å². The van der Waals surface area contributed by atoms with Crippen LogP contribution >= 0.6 is 0 Å². The fraction of sp³-hybridized carbons (Fsp3) is 0.250. The van der Waals surface area contributed by atoms with E-state index >= 15 is 0 Å². The third-order valence-corrected chi connectivity index (χ3v) is 2.66. The van der Waals surface area contributed by atoms with E-state index in [2.05, 4.69) is 29.9 Å². The number of nitrogens with zero attached hydrogens (tertiary/aromatic N) is 1. The van der Waals surface area contributed by atoms with E-state index in [0.717, 1.165) is 17.1 Å². The average Bonchev–Trinajstić information content (AvgIpc) is 2.70. The molecule has 0 saturated carbocycles. The van der Waals surface area contributed by atoms with E-state index in [9.17, 15) is 0 Å². The molecule has 1 aromatic carbocycles. The molecule has 0 fully saturated rings. The molecule has 0 spiro atoms. The summed E-state index contributed by atoms with van der Waals surface area (Å²) >= 11 is 0. The van der Waals surface area contributed by atoms with Crippen LogP contribution in [0.5, 0.6) is 0 Å². The molecule has 3 nitrogen and oxygen atoms in total. The van der Waals surface area contributed by atoms with Crippen LogP contribution in [0.3, 0.4) is 0 Å². The summed E-state index contributed by atoms with van der Waals surface area (Å²) < 4.78 is 0. The van der Waals surface area contributed by atoms with Crippen LogP contribution in [0.25, 0.3) is 11.4 Å². The van der Waals surface area contributed by atoms with Gasteiger partial charge in [-0.1, -0.05) is 18.2 Å². The van der Waals surface area contributed by atoms with Crippen molar-refractivity contribution in [1.29, 1.82) is 0 Å². The van der Waals surface area contributed by atoms with Gasteiger partial charge in [0.2, 0.25) is 0 Å². The van der Waals surface area contributed by atoms with Gasteiger partial charge in [0.1, 0.15) is 5.82 Å². The summed E-state index contributed by atoms with van der Waals surface area (Å²) in [6.07, 6.45) is 1.66. The predicted molar refractivity (Wildman–Crippen MR) is 59.4 cm³/mol. The highest BCUT2D eigenvalue weighted by Crippen LogP contribution is 2.22. The van der Waals surface area contributed by atoms with Crippen molar-refractivity contribution in [2.75, 3.05) is 0 Å². The van der Waals surface area contributed by atoms with Crippen LogP contribution < -0.4 is 0 Å². The van der Waals surface area contributed by atoms with Crippen LogP contribution in [0, 0.1) is 13.8 Å². The average molecular weight is 202 g/mol. The molecular formula is C12H14N2O. The van der Waals surface area contributed by atoms with Crippen LogP contribution in [0.4, 0.5) is 0 Å². The summed E-state index contributed by atoms with van der Waals surface area (Å²) in [5.41, 5.74) is 4.30. The number of rotatable bonds is 2. The highest BCUT2D eigenvalue weighted by molar-refractivity contribution is 5.61. The lowest BCUT2D eigenvalue weighted by Gasteiger charge is -2.05. The molecule has 0 amide bonds. The highest BCUT2D eigenvalue weighted by atomic mass is 16.3. The van der Waals surface area contributed by atoms with Crippen molar-refractivity contribution in [3.63, 3.8) is 0 Å². The Morgan fingerprint density at radius 1 is 1.33 bits per heavy atom. The third kappa shape index (κ3) is 1.78. The summed E-state index contributed by atoms with van der Waals surface area (Å²) in [6.45, 7) is 4.15. The Morgan fingerprint density at radius 2 is 2.13 bits per heavy atom. The molecule has 0 bridgehead atoms. The first-order valence-corrected chi connectivity index (χ1v) is 4.93. The summed E-state index contributed by atoms with van der Waals surface area (Å²) in [7, 11) is 0. The lowest BCUT2D eigenvalue weighted by molar-refractivity contribution is 0.277. The molecule has 0 unspecified atom stereocenters. The van der Waals surface area contributed by atoms with Gasteiger partial charge in [0, 0.05) is 5.56 Å². The monoisotopic (exact) mass is 202 g/mol. The third-order valence-electron chi connectivity index (χ3n) is 2.66. The fourth-order valence-corrected chi connectivity index (χ4v) is 1.58. The zero-order valence-electron chi connectivity index (χ0n) is 8.91. The number of aromatic amines is 1. The minimum absolute atomic E-state index is 0.00212. The largest absolute Gasteiger partial charge is 0.390 e. The Bertz CT molecular complexity index is 474. The van der Waals surface area contributed by atoms with Crippen molar-refractivity contribution in [2.24, 2.45) is 0 Å². The van der Waals surface area contributed by atoms with Crippen LogP contribution in [0.15, 0.2) is 24.4 Å². The SMILES string of the molecule is Cc1cccc(-c2ncc(CO)[nH]2)c1C. The Morgan fingerprint density at radius 3 is 2.80 bits per heavy atom. The van der Waals surface area contributed by atoms with E-state index in [4.69, 9.17) is 5.11 Å². The van der Waals surface area contributed by atoms with Crippen LogP contribution in [-0.4, -0.2) is 15.1 Å². The van der Waals surface area contributed by atoms with Gasteiger partial charge in [0.15, 0.2) is 0 Å². The molecule has 2 aromatic rings. The van der Waals surface area contributed by atoms with Crippen molar-refractivity contribution in [1.82, 2.24) is 9.97 Å². The molecular weight excluding hydrogens is 188 g/mol. The molecule has 2 rings (SSSR count). The van der Waals surface area contributed by atoms with Gasteiger partial charge in [0.05, 0.1) is 18.5 Å². The first kappa shape index (κ1) is 9.93.